The molecule has 1 heterocycles. The molecule has 1 N–H and O–H groups in total. The van der Waals surface area contributed by atoms with Crippen LogP contribution in [0.15, 0.2) is 54.9 Å². The Balaban J connectivity index is 1.31. The lowest BCUT2D eigenvalue weighted by atomic mass is 10.1. The van der Waals surface area contributed by atoms with E-state index in [1.54, 1.807) is 12.4 Å². The van der Waals surface area contributed by atoms with Crippen LogP contribution in [0, 0.1) is 0 Å². The van der Waals surface area contributed by atoms with Gasteiger partial charge in [-0.05, 0) is 36.1 Å². The largest absolute Gasteiger partial charge is 0.490 e. The van der Waals surface area contributed by atoms with Crippen LogP contribution in [-0.4, -0.2) is 29.2 Å². The van der Waals surface area contributed by atoms with Gasteiger partial charge >= 0.3 is 0 Å². The molecule has 0 unspecified atom stereocenters. The van der Waals surface area contributed by atoms with Crippen LogP contribution in [0.1, 0.15) is 11.1 Å². The van der Waals surface area contributed by atoms with Crippen molar-refractivity contribution in [1.29, 1.82) is 0 Å². The molecular weight excluding hydrogens is 286 g/mol. The number of hydrogen-bond acceptors (Lipinski definition) is 4. The smallest absolute Gasteiger partial charge is 0.147 e. The Kier molecular flexibility index (Phi) is 3.90. The lowest BCUT2D eigenvalue weighted by molar-refractivity contribution is 0.308. The molecule has 2 aromatic carbocycles. The Morgan fingerprint density at radius 2 is 1.74 bits per heavy atom. The van der Waals surface area contributed by atoms with E-state index < -0.39 is 0 Å². The molecule has 116 valence electrons. The van der Waals surface area contributed by atoms with E-state index in [1.807, 2.05) is 18.2 Å². The second kappa shape index (κ2) is 6.34. The fourth-order valence-corrected chi connectivity index (χ4v) is 3.21. The second-order valence-electron chi connectivity index (χ2n) is 5.86. The molecule has 0 spiro atoms. The minimum absolute atomic E-state index is 0.517. The highest BCUT2D eigenvalue weighted by atomic mass is 16.5. The van der Waals surface area contributed by atoms with Crippen LogP contribution in [0.5, 0.6) is 5.75 Å². The average molecular weight is 305 g/mol. The molecule has 0 saturated heterocycles. The van der Waals surface area contributed by atoms with Gasteiger partial charge in [0.05, 0.1) is 5.52 Å². The number of ether oxygens (including phenoxy) is 1. The highest BCUT2D eigenvalue weighted by molar-refractivity contribution is 5.80. The molecule has 0 radical (unpaired) electrons. The Bertz CT molecular complexity index is 788. The number of aromatic nitrogens is 2. The van der Waals surface area contributed by atoms with Gasteiger partial charge in [-0.2, -0.15) is 0 Å². The number of fused-ring (bicyclic) bond motifs is 2. The summed E-state index contributed by atoms with van der Waals surface area (Å²) in [6, 6.07) is 15.0. The lowest BCUT2D eigenvalue weighted by Gasteiger charge is -2.13. The highest BCUT2D eigenvalue weighted by Crippen LogP contribution is 2.22. The van der Waals surface area contributed by atoms with Crippen LogP contribution in [0.25, 0.3) is 11.0 Å². The summed E-state index contributed by atoms with van der Waals surface area (Å²) in [4.78, 5) is 8.65. The van der Waals surface area contributed by atoms with Gasteiger partial charge in [-0.1, -0.05) is 30.3 Å². The number of para-hydroxylation sites is 1. The fourth-order valence-electron chi connectivity index (χ4n) is 3.21. The van der Waals surface area contributed by atoms with Crippen LogP contribution in [0.4, 0.5) is 0 Å². The summed E-state index contributed by atoms with van der Waals surface area (Å²) >= 11 is 0. The Morgan fingerprint density at radius 1 is 0.957 bits per heavy atom. The number of benzene rings is 2. The number of hydrogen-bond donors (Lipinski definition) is 1. The molecule has 4 heteroatoms. The van der Waals surface area contributed by atoms with E-state index >= 15 is 0 Å². The maximum atomic E-state index is 5.89. The van der Waals surface area contributed by atoms with Gasteiger partial charge < -0.3 is 10.1 Å². The van der Waals surface area contributed by atoms with Crippen LogP contribution in [0.3, 0.4) is 0 Å². The standard InChI is InChI=1S/C19H19N3O/c1-2-5-15-13-16(12-14(15)4-1)20-10-11-23-18-7-3-6-17-19(18)22-9-8-21-17/h1-9,16,20H,10-13H2. The highest BCUT2D eigenvalue weighted by Gasteiger charge is 2.19. The molecule has 1 aromatic heterocycles. The van der Waals surface area contributed by atoms with Crippen LogP contribution in [-0.2, 0) is 12.8 Å². The van der Waals surface area contributed by atoms with E-state index in [2.05, 4.69) is 39.6 Å². The third kappa shape index (κ3) is 3.03. The summed E-state index contributed by atoms with van der Waals surface area (Å²) in [6.07, 6.45) is 5.61. The van der Waals surface area contributed by atoms with Gasteiger partial charge in [0.15, 0.2) is 0 Å². The summed E-state index contributed by atoms with van der Waals surface area (Å²) in [7, 11) is 0. The van der Waals surface area contributed by atoms with Crippen molar-refractivity contribution in [2.75, 3.05) is 13.2 Å². The van der Waals surface area contributed by atoms with Crippen molar-refractivity contribution in [2.45, 2.75) is 18.9 Å². The molecule has 23 heavy (non-hydrogen) atoms. The molecule has 4 rings (SSSR count). The first-order valence-corrected chi connectivity index (χ1v) is 8.03. The fraction of sp³-hybridized carbons (Fsp3) is 0.263. The third-order valence-corrected chi connectivity index (χ3v) is 4.31. The van der Waals surface area contributed by atoms with Gasteiger partial charge in [0.25, 0.3) is 0 Å². The summed E-state index contributed by atoms with van der Waals surface area (Å²) in [6.45, 7) is 1.46. The zero-order chi connectivity index (χ0) is 15.5. The van der Waals surface area contributed by atoms with E-state index in [4.69, 9.17) is 4.74 Å². The van der Waals surface area contributed by atoms with Crippen molar-refractivity contribution < 1.29 is 4.74 Å². The van der Waals surface area contributed by atoms with Gasteiger partial charge in [-0.15, -0.1) is 0 Å². The molecule has 0 saturated carbocycles. The molecule has 0 amide bonds. The third-order valence-electron chi connectivity index (χ3n) is 4.31. The Morgan fingerprint density at radius 3 is 2.57 bits per heavy atom. The van der Waals surface area contributed by atoms with Gasteiger partial charge in [-0.25, -0.2) is 4.98 Å². The van der Waals surface area contributed by atoms with E-state index in [1.165, 1.54) is 11.1 Å². The molecule has 1 aliphatic rings. The van der Waals surface area contributed by atoms with E-state index in [-0.39, 0.29) is 0 Å². The van der Waals surface area contributed by atoms with E-state index in [0.29, 0.717) is 12.6 Å². The van der Waals surface area contributed by atoms with Crippen molar-refractivity contribution >= 4 is 11.0 Å². The zero-order valence-corrected chi connectivity index (χ0v) is 12.9. The molecule has 0 bridgehead atoms. The number of nitrogens with one attached hydrogen (secondary N) is 1. The molecule has 0 aliphatic heterocycles. The predicted molar refractivity (Wildman–Crippen MR) is 90.7 cm³/mol. The number of nitrogens with zero attached hydrogens (tertiary/aromatic N) is 2. The molecule has 0 fully saturated rings. The summed E-state index contributed by atoms with van der Waals surface area (Å²) in [5, 5.41) is 3.59. The summed E-state index contributed by atoms with van der Waals surface area (Å²) < 4.78 is 5.89. The first-order valence-electron chi connectivity index (χ1n) is 8.03. The summed E-state index contributed by atoms with van der Waals surface area (Å²) in [5.74, 6) is 0.798. The Labute approximate surface area is 135 Å². The van der Waals surface area contributed by atoms with Gasteiger partial charge in [0.1, 0.15) is 17.9 Å². The zero-order valence-electron chi connectivity index (χ0n) is 12.9. The van der Waals surface area contributed by atoms with Crippen molar-refractivity contribution in [2.24, 2.45) is 0 Å². The van der Waals surface area contributed by atoms with Crippen molar-refractivity contribution in [3.63, 3.8) is 0 Å². The monoisotopic (exact) mass is 305 g/mol. The maximum Gasteiger partial charge on any atom is 0.147 e. The van der Waals surface area contributed by atoms with Crippen molar-refractivity contribution in [3.8, 4) is 5.75 Å². The Hall–Kier alpha value is -2.46. The number of rotatable bonds is 5. The van der Waals surface area contributed by atoms with Gasteiger partial charge in [0, 0.05) is 25.0 Å². The molecule has 1 aliphatic carbocycles. The van der Waals surface area contributed by atoms with E-state index in [9.17, 15) is 0 Å². The van der Waals surface area contributed by atoms with Crippen LogP contribution < -0.4 is 10.1 Å². The summed E-state index contributed by atoms with van der Waals surface area (Å²) in [5.41, 5.74) is 4.62. The predicted octanol–water partition coefficient (Wildman–Crippen LogP) is 2.77. The SMILES string of the molecule is c1ccc2c(c1)CC(NCCOc1cccc3nccnc13)C2. The van der Waals surface area contributed by atoms with Crippen LogP contribution >= 0.6 is 0 Å². The normalized spacial score (nSPS) is 14.1. The first kappa shape index (κ1) is 14.2. The molecule has 0 atom stereocenters. The molecule has 4 nitrogen and oxygen atoms in total. The van der Waals surface area contributed by atoms with Crippen molar-refractivity contribution in [3.05, 3.63) is 66.0 Å². The van der Waals surface area contributed by atoms with Crippen molar-refractivity contribution in [1.82, 2.24) is 15.3 Å². The van der Waals surface area contributed by atoms with Gasteiger partial charge in [0.2, 0.25) is 0 Å². The van der Waals surface area contributed by atoms with E-state index in [0.717, 1.165) is 36.2 Å². The molecular formula is C19H19N3O. The quantitative estimate of drug-likeness (QED) is 0.736. The topological polar surface area (TPSA) is 47.0 Å². The maximum absolute atomic E-state index is 5.89. The minimum atomic E-state index is 0.517. The molecule has 3 aromatic rings. The average Bonchev–Trinajstić information content (AvgIpc) is 3.01. The van der Waals surface area contributed by atoms with Crippen LogP contribution in [0.2, 0.25) is 0 Å². The second-order valence-corrected chi connectivity index (χ2v) is 5.86. The minimum Gasteiger partial charge on any atom is -0.490 e. The van der Waals surface area contributed by atoms with Gasteiger partial charge in [-0.3, -0.25) is 4.98 Å². The lowest BCUT2D eigenvalue weighted by Crippen LogP contribution is -2.33. The first-order chi connectivity index (χ1) is 11.4.